The predicted octanol–water partition coefficient (Wildman–Crippen LogP) is 5.84. The van der Waals surface area contributed by atoms with Gasteiger partial charge in [0.25, 0.3) is 5.91 Å². The van der Waals surface area contributed by atoms with Crippen molar-refractivity contribution >= 4 is 28.4 Å². The van der Waals surface area contributed by atoms with Crippen LogP contribution in [-0.4, -0.2) is 17.4 Å². The Bertz CT molecular complexity index is 1170. The molecule has 0 aliphatic heterocycles. The number of nitrogens with zero attached hydrogens (tertiary/aromatic N) is 1. The number of hydrogen-bond donors (Lipinski definition) is 1. The standard InChI is InChI=1S/C25H21ClN2O/c1-17-23(25(29)27-15-14-18-8-7-11-20(26)16-18)24(19-9-3-2-4-10-19)21-12-5-6-13-22(21)28-17/h2-13,16H,14-15H2,1H3,(H,27,29). The lowest BCUT2D eigenvalue weighted by Crippen LogP contribution is -2.27. The Labute approximate surface area is 175 Å². The quantitative estimate of drug-likeness (QED) is 0.457. The van der Waals surface area contributed by atoms with Crippen LogP contribution in [0.15, 0.2) is 78.9 Å². The van der Waals surface area contributed by atoms with Gasteiger partial charge in [0.15, 0.2) is 0 Å². The fourth-order valence-electron chi connectivity index (χ4n) is 3.62. The molecule has 0 unspecified atom stereocenters. The van der Waals surface area contributed by atoms with E-state index in [1.165, 1.54) is 0 Å². The number of hydrogen-bond acceptors (Lipinski definition) is 2. The van der Waals surface area contributed by atoms with Crippen LogP contribution in [0.1, 0.15) is 21.6 Å². The molecule has 0 spiro atoms. The Hall–Kier alpha value is -3.17. The number of halogens is 1. The Balaban J connectivity index is 1.69. The highest BCUT2D eigenvalue weighted by Gasteiger charge is 2.20. The van der Waals surface area contributed by atoms with E-state index in [0.717, 1.165) is 33.3 Å². The van der Waals surface area contributed by atoms with Gasteiger partial charge in [-0.05, 0) is 42.7 Å². The van der Waals surface area contributed by atoms with E-state index < -0.39 is 0 Å². The summed E-state index contributed by atoms with van der Waals surface area (Å²) in [7, 11) is 0. The van der Waals surface area contributed by atoms with Crippen molar-refractivity contribution in [3.05, 3.63) is 101 Å². The SMILES string of the molecule is Cc1nc2ccccc2c(-c2ccccc2)c1C(=O)NCCc1cccc(Cl)c1. The third-order valence-electron chi connectivity index (χ3n) is 4.95. The maximum absolute atomic E-state index is 13.2. The van der Waals surface area contributed by atoms with Gasteiger partial charge in [-0.15, -0.1) is 0 Å². The number of aromatic nitrogens is 1. The zero-order valence-electron chi connectivity index (χ0n) is 16.2. The number of carbonyl (C=O) groups excluding carboxylic acids is 1. The number of fused-ring (bicyclic) bond motifs is 1. The highest BCUT2D eigenvalue weighted by Crippen LogP contribution is 2.32. The summed E-state index contributed by atoms with van der Waals surface area (Å²) < 4.78 is 0. The largest absolute Gasteiger partial charge is 0.352 e. The molecule has 29 heavy (non-hydrogen) atoms. The normalized spacial score (nSPS) is 10.8. The number of nitrogens with one attached hydrogen (secondary N) is 1. The van der Waals surface area contributed by atoms with Gasteiger partial charge in [0, 0.05) is 22.5 Å². The summed E-state index contributed by atoms with van der Waals surface area (Å²) in [5.41, 5.74) is 5.26. The van der Waals surface area contributed by atoms with Gasteiger partial charge in [-0.3, -0.25) is 9.78 Å². The first-order valence-electron chi connectivity index (χ1n) is 9.61. The van der Waals surface area contributed by atoms with Crippen LogP contribution in [0.3, 0.4) is 0 Å². The van der Waals surface area contributed by atoms with Gasteiger partial charge >= 0.3 is 0 Å². The Morgan fingerprint density at radius 3 is 2.52 bits per heavy atom. The first kappa shape index (κ1) is 19.2. The van der Waals surface area contributed by atoms with Crippen molar-refractivity contribution in [3.63, 3.8) is 0 Å². The number of carbonyl (C=O) groups is 1. The Morgan fingerprint density at radius 2 is 1.72 bits per heavy atom. The van der Waals surface area contributed by atoms with Crippen molar-refractivity contribution < 1.29 is 4.79 Å². The minimum atomic E-state index is -0.110. The summed E-state index contributed by atoms with van der Waals surface area (Å²) in [6.45, 7) is 2.42. The highest BCUT2D eigenvalue weighted by atomic mass is 35.5. The van der Waals surface area contributed by atoms with Gasteiger partial charge in [-0.25, -0.2) is 0 Å². The molecule has 0 bridgehead atoms. The number of para-hydroxylation sites is 1. The fourth-order valence-corrected chi connectivity index (χ4v) is 3.83. The molecular formula is C25H21ClN2O. The van der Waals surface area contributed by atoms with Gasteiger partial charge in [0.05, 0.1) is 16.8 Å². The van der Waals surface area contributed by atoms with Gasteiger partial charge in [0.2, 0.25) is 0 Å². The van der Waals surface area contributed by atoms with Crippen LogP contribution < -0.4 is 5.32 Å². The average molecular weight is 401 g/mol. The lowest BCUT2D eigenvalue weighted by atomic mass is 9.94. The zero-order chi connectivity index (χ0) is 20.2. The second kappa shape index (κ2) is 8.46. The number of amides is 1. The van der Waals surface area contributed by atoms with Gasteiger partial charge in [-0.1, -0.05) is 72.3 Å². The van der Waals surface area contributed by atoms with E-state index >= 15 is 0 Å². The second-order valence-electron chi connectivity index (χ2n) is 6.97. The van der Waals surface area contributed by atoms with Crippen LogP contribution in [0.2, 0.25) is 5.02 Å². The molecular weight excluding hydrogens is 380 g/mol. The number of rotatable bonds is 5. The van der Waals surface area contributed by atoms with Crippen LogP contribution in [0.4, 0.5) is 0 Å². The molecule has 4 heteroatoms. The molecule has 0 saturated heterocycles. The monoisotopic (exact) mass is 400 g/mol. The lowest BCUT2D eigenvalue weighted by Gasteiger charge is -2.16. The minimum Gasteiger partial charge on any atom is -0.352 e. The van der Waals surface area contributed by atoms with E-state index in [4.69, 9.17) is 11.6 Å². The van der Waals surface area contributed by atoms with Gasteiger partial charge < -0.3 is 5.32 Å². The molecule has 0 atom stereocenters. The van der Waals surface area contributed by atoms with Crippen molar-refractivity contribution in [2.24, 2.45) is 0 Å². The summed E-state index contributed by atoms with van der Waals surface area (Å²) in [6.07, 6.45) is 0.715. The molecule has 0 saturated carbocycles. The molecule has 0 fully saturated rings. The fraction of sp³-hybridized carbons (Fsp3) is 0.120. The summed E-state index contributed by atoms with van der Waals surface area (Å²) in [6, 6.07) is 25.7. The van der Waals surface area contributed by atoms with Crippen molar-refractivity contribution in [2.45, 2.75) is 13.3 Å². The molecule has 1 aromatic heterocycles. The van der Waals surface area contributed by atoms with Crippen LogP contribution in [0.5, 0.6) is 0 Å². The van der Waals surface area contributed by atoms with E-state index in [-0.39, 0.29) is 5.91 Å². The molecule has 0 radical (unpaired) electrons. The highest BCUT2D eigenvalue weighted by molar-refractivity contribution is 6.30. The molecule has 4 rings (SSSR count). The maximum atomic E-state index is 13.2. The molecule has 4 aromatic rings. The molecule has 144 valence electrons. The Morgan fingerprint density at radius 1 is 0.966 bits per heavy atom. The van der Waals surface area contributed by atoms with E-state index in [0.29, 0.717) is 23.6 Å². The number of pyridine rings is 1. The third-order valence-corrected chi connectivity index (χ3v) is 5.19. The van der Waals surface area contributed by atoms with Crippen molar-refractivity contribution in [3.8, 4) is 11.1 Å². The van der Waals surface area contributed by atoms with Gasteiger partial charge in [0.1, 0.15) is 0 Å². The first-order chi connectivity index (χ1) is 14.1. The first-order valence-corrected chi connectivity index (χ1v) is 9.98. The molecule has 1 heterocycles. The zero-order valence-corrected chi connectivity index (χ0v) is 16.9. The third kappa shape index (κ3) is 4.15. The maximum Gasteiger partial charge on any atom is 0.253 e. The molecule has 0 aliphatic rings. The molecule has 0 aliphatic carbocycles. The van der Waals surface area contributed by atoms with E-state index in [1.807, 2.05) is 85.8 Å². The van der Waals surface area contributed by atoms with E-state index in [9.17, 15) is 4.79 Å². The van der Waals surface area contributed by atoms with E-state index in [2.05, 4.69) is 10.3 Å². The number of aryl methyl sites for hydroxylation is 1. The summed E-state index contributed by atoms with van der Waals surface area (Å²) in [5, 5.41) is 4.74. The second-order valence-corrected chi connectivity index (χ2v) is 7.40. The summed E-state index contributed by atoms with van der Waals surface area (Å²) in [5.74, 6) is -0.110. The minimum absolute atomic E-state index is 0.110. The van der Waals surface area contributed by atoms with Crippen molar-refractivity contribution in [1.29, 1.82) is 0 Å². The molecule has 3 aromatic carbocycles. The summed E-state index contributed by atoms with van der Waals surface area (Å²) >= 11 is 6.05. The van der Waals surface area contributed by atoms with E-state index in [1.54, 1.807) is 0 Å². The van der Waals surface area contributed by atoms with Crippen LogP contribution in [0, 0.1) is 6.92 Å². The smallest absolute Gasteiger partial charge is 0.253 e. The molecule has 1 N–H and O–H groups in total. The van der Waals surface area contributed by atoms with Gasteiger partial charge in [-0.2, -0.15) is 0 Å². The summed E-state index contributed by atoms with van der Waals surface area (Å²) in [4.78, 5) is 17.9. The van der Waals surface area contributed by atoms with Crippen molar-refractivity contribution in [1.82, 2.24) is 10.3 Å². The Kier molecular flexibility index (Phi) is 5.59. The molecule has 3 nitrogen and oxygen atoms in total. The topological polar surface area (TPSA) is 42.0 Å². The number of benzene rings is 3. The van der Waals surface area contributed by atoms with Crippen LogP contribution in [-0.2, 0) is 6.42 Å². The predicted molar refractivity (Wildman–Crippen MR) is 119 cm³/mol. The van der Waals surface area contributed by atoms with Crippen LogP contribution >= 0.6 is 11.6 Å². The van der Waals surface area contributed by atoms with Crippen LogP contribution in [0.25, 0.3) is 22.0 Å². The average Bonchev–Trinajstić information content (AvgIpc) is 2.73. The van der Waals surface area contributed by atoms with Crippen molar-refractivity contribution in [2.75, 3.05) is 6.54 Å². The lowest BCUT2D eigenvalue weighted by molar-refractivity contribution is 0.0954. The molecule has 1 amide bonds.